The lowest BCUT2D eigenvalue weighted by molar-refractivity contribution is -0.154. The van der Waals surface area contributed by atoms with Crippen LogP contribution in [0.1, 0.15) is 5.56 Å². The van der Waals surface area contributed by atoms with Crippen molar-refractivity contribution in [2.24, 2.45) is 5.73 Å². The molecule has 0 saturated heterocycles. The van der Waals surface area contributed by atoms with Gasteiger partial charge in [0.05, 0.1) is 10.7 Å². The predicted octanol–water partition coefficient (Wildman–Crippen LogP) is 3.90. The van der Waals surface area contributed by atoms with Gasteiger partial charge in [-0.1, -0.05) is 41.4 Å². The van der Waals surface area contributed by atoms with E-state index in [0.717, 1.165) is 12.1 Å². The first-order chi connectivity index (χ1) is 13.9. The molecular weight excluding hydrogens is 464 g/mol. The maximum atomic E-state index is 13.8. The van der Waals surface area contributed by atoms with Crippen molar-refractivity contribution < 1.29 is 21.6 Å². The number of alkyl halides is 3. The predicted molar refractivity (Wildman–Crippen MR) is 111 cm³/mol. The van der Waals surface area contributed by atoms with Gasteiger partial charge >= 0.3 is 6.18 Å². The molecule has 162 valence electrons. The summed E-state index contributed by atoms with van der Waals surface area (Å²) in [6.45, 7) is -0.596. The summed E-state index contributed by atoms with van der Waals surface area (Å²) in [5.74, 6) is 0. The monoisotopic (exact) mass is 480 g/mol. The molecule has 1 heterocycles. The number of benzene rings is 2. The number of aromatic nitrogens is 1. The molecule has 0 amide bonds. The van der Waals surface area contributed by atoms with Gasteiger partial charge < -0.3 is 16.0 Å². The number of halogens is 5. The molecule has 2 aromatic carbocycles. The molecule has 0 saturated carbocycles. The molecule has 0 radical (unpaired) electrons. The Morgan fingerprint density at radius 3 is 2.43 bits per heavy atom. The highest BCUT2D eigenvalue weighted by Crippen LogP contribution is 2.33. The van der Waals surface area contributed by atoms with E-state index in [1.165, 1.54) is 10.8 Å². The normalized spacial score (nSPS) is 13.7. The SMILES string of the molecule is NCc1cn(CC(NS(=O)(=O)c2c(N)cc(Cl)cc2Cl)C(F)(F)F)c2ccccc12. The summed E-state index contributed by atoms with van der Waals surface area (Å²) in [6, 6.07) is 6.50. The lowest BCUT2D eigenvalue weighted by Crippen LogP contribution is -2.48. The zero-order chi connectivity index (χ0) is 22.3. The van der Waals surface area contributed by atoms with Crippen LogP contribution in [0, 0.1) is 0 Å². The number of hydrogen-bond acceptors (Lipinski definition) is 4. The molecule has 0 bridgehead atoms. The maximum absolute atomic E-state index is 13.8. The second kappa shape index (κ2) is 8.27. The van der Waals surface area contributed by atoms with Crippen molar-refractivity contribution in [3.8, 4) is 0 Å². The average molecular weight is 481 g/mol. The van der Waals surface area contributed by atoms with Crippen LogP contribution in [0.25, 0.3) is 10.9 Å². The Bertz CT molecular complexity index is 1170. The third-order valence-corrected chi connectivity index (χ3v) is 6.68. The summed E-state index contributed by atoms with van der Waals surface area (Å²) >= 11 is 11.6. The number of para-hydroxylation sites is 1. The van der Waals surface area contributed by atoms with Crippen LogP contribution in [-0.4, -0.2) is 25.2 Å². The summed E-state index contributed by atoms with van der Waals surface area (Å²) in [4.78, 5) is -0.664. The van der Waals surface area contributed by atoms with Crippen molar-refractivity contribution in [3.05, 3.63) is 58.2 Å². The fourth-order valence-corrected chi connectivity index (χ4v) is 5.35. The van der Waals surface area contributed by atoms with E-state index in [1.54, 1.807) is 29.0 Å². The Kier molecular flexibility index (Phi) is 6.26. The van der Waals surface area contributed by atoms with Gasteiger partial charge in [-0.05, 0) is 23.8 Å². The fraction of sp³-hybridized carbons (Fsp3) is 0.222. The van der Waals surface area contributed by atoms with Crippen molar-refractivity contribution in [2.75, 3.05) is 5.73 Å². The fourth-order valence-electron chi connectivity index (χ4n) is 3.15. The smallest absolute Gasteiger partial charge is 0.398 e. The van der Waals surface area contributed by atoms with Crippen LogP contribution in [0.4, 0.5) is 18.9 Å². The molecule has 6 nitrogen and oxygen atoms in total. The molecule has 0 aliphatic carbocycles. The van der Waals surface area contributed by atoms with Gasteiger partial charge in [0.2, 0.25) is 10.0 Å². The number of nitrogen functional groups attached to an aromatic ring is 1. The molecule has 1 aromatic heterocycles. The van der Waals surface area contributed by atoms with Gasteiger partial charge in [0, 0.05) is 35.2 Å². The van der Waals surface area contributed by atoms with Gasteiger partial charge in [-0.2, -0.15) is 17.9 Å². The van der Waals surface area contributed by atoms with Crippen molar-refractivity contribution in [1.29, 1.82) is 0 Å². The standard InChI is InChI=1S/C18H17Cl2F3N4O2S/c19-11-5-13(20)17(14(25)6-11)30(28,29)26-16(18(21,22)23)9-27-8-10(7-24)12-3-1-2-4-15(12)27/h1-6,8,16,26H,7,9,24-25H2. The number of hydrogen-bond donors (Lipinski definition) is 3. The minimum absolute atomic E-state index is 0.0527. The van der Waals surface area contributed by atoms with E-state index in [2.05, 4.69) is 0 Å². The van der Waals surface area contributed by atoms with Gasteiger partial charge in [0.1, 0.15) is 10.9 Å². The third-order valence-electron chi connectivity index (χ3n) is 4.47. The number of sulfonamides is 1. The Morgan fingerprint density at radius 2 is 1.83 bits per heavy atom. The van der Waals surface area contributed by atoms with Gasteiger partial charge in [-0.25, -0.2) is 8.42 Å². The molecule has 0 spiro atoms. The van der Waals surface area contributed by atoms with Crippen molar-refractivity contribution in [3.63, 3.8) is 0 Å². The molecule has 3 rings (SSSR count). The third kappa shape index (κ3) is 4.52. The molecule has 0 fully saturated rings. The van der Waals surface area contributed by atoms with Crippen LogP contribution in [0.15, 0.2) is 47.5 Å². The molecular formula is C18H17Cl2F3N4O2S. The number of fused-ring (bicyclic) bond motifs is 1. The summed E-state index contributed by atoms with van der Waals surface area (Å²) in [5, 5.41) is 0.357. The molecule has 0 aliphatic rings. The van der Waals surface area contributed by atoms with E-state index in [4.69, 9.17) is 34.7 Å². The molecule has 5 N–H and O–H groups in total. The average Bonchev–Trinajstić information content (AvgIpc) is 2.97. The number of nitrogens with one attached hydrogen (secondary N) is 1. The molecule has 0 aliphatic heterocycles. The number of nitrogens with two attached hydrogens (primary N) is 2. The summed E-state index contributed by atoms with van der Waals surface area (Å²) < 4.78 is 69.7. The second-order valence-corrected chi connectivity index (χ2v) is 9.04. The summed E-state index contributed by atoms with van der Waals surface area (Å²) in [7, 11) is -4.72. The Balaban J connectivity index is 2.01. The molecule has 1 unspecified atom stereocenters. The van der Waals surface area contributed by atoms with Crippen molar-refractivity contribution >= 4 is 49.8 Å². The highest BCUT2D eigenvalue weighted by molar-refractivity contribution is 7.89. The van der Waals surface area contributed by atoms with Crippen molar-refractivity contribution in [2.45, 2.75) is 30.2 Å². The summed E-state index contributed by atoms with van der Waals surface area (Å²) in [5.41, 5.74) is 12.1. The molecule has 12 heteroatoms. The van der Waals surface area contributed by atoms with Crippen LogP contribution in [0.5, 0.6) is 0 Å². The van der Waals surface area contributed by atoms with E-state index in [-0.39, 0.29) is 22.3 Å². The number of nitrogens with zero attached hydrogens (tertiary/aromatic N) is 1. The van der Waals surface area contributed by atoms with Gasteiger partial charge in [-0.15, -0.1) is 0 Å². The number of anilines is 1. The zero-order valence-corrected chi connectivity index (χ0v) is 17.6. The highest BCUT2D eigenvalue weighted by Gasteiger charge is 2.43. The van der Waals surface area contributed by atoms with Crippen LogP contribution in [0.3, 0.4) is 0 Å². The Morgan fingerprint density at radius 1 is 1.17 bits per heavy atom. The van der Waals surface area contributed by atoms with Gasteiger partial charge in [0.25, 0.3) is 0 Å². The molecule has 3 aromatic rings. The lowest BCUT2D eigenvalue weighted by Gasteiger charge is -2.23. The minimum atomic E-state index is -4.89. The molecule has 1 atom stereocenters. The van der Waals surface area contributed by atoms with E-state index >= 15 is 0 Å². The first kappa shape index (κ1) is 22.7. The van der Waals surface area contributed by atoms with Crippen molar-refractivity contribution in [1.82, 2.24) is 9.29 Å². The first-order valence-corrected chi connectivity index (χ1v) is 10.8. The van der Waals surface area contributed by atoms with Crippen LogP contribution in [0.2, 0.25) is 10.0 Å². The van der Waals surface area contributed by atoms with Crippen LogP contribution >= 0.6 is 23.2 Å². The summed E-state index contributed by atoms with van der Waals surface area (Å²) in [6.07, 6.45) is -3.42. The van der Waals surface area contributed by atoms with E-state index in [9.17, 15) is 21.6 Å². The van der Waals surface area contributed by atoms with Crippen LogP contribution < -0.4 is 16.2 Å². The Hall–Kier alpha value is -1.98. The highest BCUT2D eigenvalue weighted by atomic mass is 35.5. The van der Waals surface area contributed by atoms with Gasteiger partial charge in [-0.3, -0.25) is 0 Å². The van der Waals surface area contributed by atoms with E-state index in [0.29, 0.717) is 16.5 Å². The first-order valence-electron chi connectivity index (χ1n) is 8.54. The Labute approximate surface area is 180 Å². The van der Waals surface area contributed by atoms with Crippen LogP contribution in [-0.2, 0) is 23.1 Å². The second-order valence-electron chi connectivity index (χ2n) is 6.55. The number of rotatable bonds is 6. The lowest BCUT2D eigenvalue weighted by atomic mass is 10.2. The van der Waals surface area contributed by atoms with E-state index in [1.807, 2.05) is 0 Å². The zero-order valence-electron chi connectivity index (χ0n) is 15.2. The van der Waals surface area contributed by atoms with Gasteiger partial charge in [0.15, 0.2) is 0 Å². The quantitative estimate of drug-likeness (QED) is 0.465. The molecule has 30 heavy (non-hydrogen) atoms. The minimum Gasteiger partial charge on any atom is -0.398 e. The topological polar surface area (TPSA) is 103 Å². The largest absolute Gasteiger partial charge is 0.406 e. The maximum Gasteiger partial charge on any atom is 0.406 e. The van der Waals surface area contributed by atoms with E-state index < -0.39 is 33.7 Å².